The highest BCUT2D eigenvalue weighted by atomic mass is 32.1. The predicted molar refractivity (Wildman–Crippen MR) is 73.5 cm³/mol. The fraction of sp³-hybridized carbons (Fsp3) is 0.714. The number of fused-ring (bicyclic) bond motifs is 1. The Labute approximate surface area is 108 Å². The maximum Gasteiger partial charge on any atom is 0.0388 e. The molecule has 94 valence electrons. The average molecular weight is 250 g/mol. The molecule has 0 aliphatic carbocycles. The van der Waals surface area contributed by atoms with Crippen LogP contribution in [0.5, 0.6) is 0 Å². The molecule has 3 rings (SSSR count). The second-order valence-electron chi connectivity index (χ2n) is 5.40. The molecule has 2 nitrogen and oxygen atoms in total. The van der Waals surface area contributed by atoms with Crippen LogP contribution in [0.25, 0.3) is 0 Å². The van der Waals surface area contributed by atoms with Gasteiger partial charge in [0.2, 0.25) is 0 Å². The molecule has 2 aliphatic rings. The SMILES string of the molecule is CC(NC1CCN2CCCCC12)c1cccs1. The van der Waals surface area contributed by atoms with Gasteiger partial charge in [-0.15, -0.1) is 11.3 Å². The number of piperidine rings is 1. The molecule has 3 heterocycles. The summed E-state index contributed by atoms with van der Waals surface area (Å²) in [6.07, 6.45) is 5.56. The number of thiophene rings is 1. The lowest BCUT2D eigenvalue weighted by molar-refractivity contribution is 0.177. The van der Waals surface area contributed by atoms with Crippen LogP contribution in [0.15, 0.2) is 17.5 Å². The summed E-state index contributed by atoms with van der Waals surface area (Å²) >= 11 is 1.87. The number of nitrogens with zero attached hydrogens (tertiary/aromatic N) is 1. The number of rotatable bonds is 3. The molecule has 1 aromatic rings. The van der Waals surface area contributed by atoms with Gasteiger partial charge in [0.25, 0.3) is 0 Å². The van der Waals surface area contributed by atoms with Crippen LogP contribution in [0.4, 0.5) is 0 Å². The Balaban J connectivity index is 1.62. The van der Waals surface area contributed by atoms with E-state index in [1.807, 2.05) is 11.3 Å². The summed E-state index contributed by atoms with van der Waals surface area (Å²) in [5.74, 6) is 0. The maximum atomic E-state index is 3.85. The summed E-state index contributed by atoms with van der Waals surface area (Å²) < 4.78 is 0. The molecule has 3 unspecified atom stereocenters. The predicted octanol–water partition coefficient (Wildman–Crippen LogP) is 3.03. The molecular formula is C14H22N2S. The summed E-state index contributed by atoms with van der Waals surface area (Å²) in [6, 6.07) is 6.44. The molecule has 2 aliphatic heterocycles. The fourth-order valence-corrected chi connectivity index (χ4v) is 4.13. The molecular weight excluding hydrogens is 228 g/mol. The molecule has 3 atom stereocenters. The van der Waals surface area contributed by atoms with Crippen molar-refractivity contribution < 1.29 is 0 Å². The van der Waals surface area contributed by atoms with Gasteiger partial charge in [-0.25, -0.2) is 0 Å². The molecule has 17 heavy (non-hydrogen) atoms. The summed E-state index contributed by atoms with van der Waals surface area (Å²) in [6.45, 7) is 4.94. The van der Waals surface area contributed by atoms with Gasteiger partial charge in [0, 0.05) is 29.5 Å². The van der Waals surface area contributed by atoms with E-state index >= 15 is 0 Å². The van der Waals surface area contributed by atoms with Crippen molar-refractivity contribution >= 4 is 11.3 Å². The average Bonchev–Trinajstić information content (AvgIpc) is 2.98. The lowest BCUT2D eigenvalue weighted by Gasteiger charge is -2.33. The van der Waals surface area contributed by atoms with E-state index in [1.54, 1.807) is 0 Å². The molecule has 0 bridgehead atoms. The highest BCUT2D eigenvalue weighted by molar-refractivity contribution is 7.10. The van der Waals surface area contributed by atoms with Gasteiger partial charge < -0.3 is 5.32 Å². The zero-order valence-corrected chi connectivity index (χ0v) is 11.4. The Kier molecular flexibility index (Phi) is 3.50. The van der Waals surface area contributed by atoms with Gasteiger partial charge in [-0.05, 0) is 44.2 Å². The van der Waals surface area contributed by atoms with Crippen molar-refractivity contribution in [1.29, 1.82) is 0 Å². The van der Waals surface area contributed by atoms with E-state index in [0.29, 0.717) is 12.1 Å². The normalized spacial score (nSPS) is 31.4. The van der Waals surface area contributed by atoms with Crippen LogP contribution in [0.1, 0.15) is 43.5 Å². The summed E-state index contributed by atoms with van der Waals surface area (Å²) in [5, 5.41) is 6.02. The van der Waals surface area contributed by atoms with E-state index in [4.69, 9.17) is 0 Å². The second kappa shape index (κ2) is 5.09. The third kappa shape index (κ3) is 2.42. The number of hydrogen-bond acceptors (Lipinski definition) is 3. The first kappa shape index (κ1) is 11.7. The Morgan fingerprint density at radius 2 is 2.29 bits per heavy atom. The van der Waals surface area contributed by atoms with Crippen LogP contribution in [0.3, 0.4) is 0 Å². The van der Waals surface area contributed by atoms with Crippen LogP contribution in [0, 0.1) is 0 Å². The lowest BCUT2D eigenvalue weighted by atomic mass is 9.98. The highest BCUT2D eigenvalue weighted by Crippen LogP contribution is 2.29. The standard InChI is InChI=1S/C14H22N2S/c1-11(14-6-4-10-17-14)15-12-7-9-16-8-3-2-5-13(12)16/h4,6,10-13,15H,2-3,5,7-9H2,1H3. The Hall–Kier alpha value is -0.380. The Morgan fingerprint density at radius 3 is 3.12 bits per heavy atom. The Bertz CT molecular complexity index is 349. The van der Waals surface area contributed by atoms with Crippen molar-refractivity contribution in [3.63, 3.8) is 0 Å². The molecule has 0 saturated carbocycles. The van der Waals surface area contributed by atoms with Crippen LogP contribution in [-0.4, -0.2) is 30.1 Å². The summed E-state index contributed by atoms with van der Waals surface area (Å²) in [5.41, 5.74) is 0. The smallest absolute Gasteiger partial charge is 0.0388 e. The van der Waals surface area contributed by atoms with Crippen molar-refractivity contribution in [2.45, 2.75) is 50.7 Å². The van der Waals surface area contributed by atoms with E-state index in [9.17, 15) is 0 Å². The minimum absolute atomic E-state index is 0.516. The highest BCUT2D eigenvalue weighted by Gasteiger charge is 2.35. The molecule has 1 aromatic heterocycles. The molecule has 2 fully saturated rings. The Morgan fingerprint density at radius 1 is 1.35 bits per heavy atom. The third-order valence-corrected chi connectivity index (χ3v) is 5.35. The van der Waals surface area contributed by atoms with Crippen molar-refractivity contribution in [2.24, 2.45) is 0 Å². The minimum Gasteiger partial charge on any atom is -0.305 e. The molecule has 0 radical (unpaired) electrons. The van der Waals surface area contributed by atoms with Gasteiger partial charge in [0.1, 0.15) is 0 Å². The first-order valence-electron chi connectivity index (χ1n) is 6.88. The monoisotopic (exact) mass is 250 g/mol. The van der Waals surface area contributed by atoms with Crippen LogP contribution in [-0.2, 0) is 0 Å². The molecule has 0 amide bonds. The lowest BCUT2D eigenvalue weighted by Crippen LogP contribution is -2.45. The van der Waals surface area contributed by atoms with Gasteiger partial charge in [0.05, 0.1) is 0 Å². The third-order valence-electron chi connectivity index (χ3n) is 4.29. The minimum atomic E-state index is 0.516. The quantitative estimate of drug-likeness (QED) is 0.887. The first-order chi connectivity index (χ1) is 8.34. The van der Waals surface area contributed by atoms with E-state index in [-0.39, 0.29) is 0 Å². The number of hydrogen-bond donors (Lipinski definition) is 1. The number of nitrogens with one attached hydrogen (secondary N) is 1. The zero-order chi connectivity index (χ0) is 11.7. The summed E-state index contributed by atoms with van der Waals surface area (Å²) in [7, 11) is 0. The maximum absolute atomic E-state index is 3.85. The van der Waals surface area contributed by atoms with Gasteiger partial charge in [-0.3, -0.25) is 4.90 Å². The molecule has 0 spiro atoms. The molecule has 2 saturated heterocycles. The summed E-state index contributed by atoms with van der Waals surface area (Å²) in [4.78, 5) is 4.17. The van der Waals surface area contributed by atoms with Crippen molar-refractivity contribution in [2.75, 3.05) is 13.1 Å². The van der Waals surface area contributed by atoms with E-state index in [1.165, 1.54) is 43.6 Å². The van der Waals surface area contributed by atoms with E-state index < -0.39 is 0 Å². The van der Waals surface area contributed by atoms with Crippen LogP contribution < -0.4 is 5.32 Å². The van der Waals surface area contributed by atoms with Gasteiger partial charge in [-0.2, -0.15) is 0 Å². The van der Waals surface area contributed by atoms with E-state index in [2.05, 4.69) is 34.7 Å². The van der Waals surface area contributed by atoms with Crippen LogP contribution in [0.2, 0.25) is 0 Å². The van der Waals surface area contributed by atoms with Gasteiger partial charge in [0.15, 0.2) is 0 Å². The zero-order valence-electron chi connectivity index (χ0n) is 10.6. The van der Waals surface area contributed by atoms with Crippen LogP contribution >= 0.6 is 11.3 Å². The molecule has 0 aromatic carbocycles. The topological polar surface area (TPSA) is 15.3 Å². The van der Waals surface area contributed by atoms with Crippen molar-refractivity contribution in [1.82, 2.24) is 10.2 Å². The van der Waals surface area contributed by atoms with Crippen molar-refractivity contribution in [3.8, 4) is 0 Å². The van der Waals surface area contributed by atoms with Gasteiger partial charge >= 0.3 is 0 Å². The molecule has 3 heteroatoms. The van der Waals surface area contributed by atoms with Crippen molar-refractivity contribution in [3.05, 3.63) is 22.4 Å². The van der Waals surface area contributed by atoms with E-state index in [0.717, 1.165) is 6.04 Å². The first-order valence-corrected chi connectivity index (χ1v) is 7.76. The van der Waals surface area contributed by atoms with Gasteiger partial charge in [-0.1, -0.05) is 12.5 Å². The largest absolute Gasteiger partial charge is 0.305 e. The fourth-order valence-electron chi connectivity index (χ4n) is 3.38. The molecule has 1 N–H and O–H groups in total. The second-order valence-corrected chi connectivity index (χ2v) is 6.38.